The summed E-state index contributed by atoms with van der Waals surface area (Å²) in [5.41, 5.74) is 0. The molecule has 1 saturated heterocycles. The van der Waals surface area contributed by atoms with Crippen LogP contribution in [0.4, 0.5) is 0 Å². The molecule has 3 fully saturated rings. The van der Waals surface area contributed by atoms with E-state index in [-0.39, 0.29) is 47.8 Å². The number of carbonyl (C=O) groups is 3. The van der Waals surface area contributed by atoms with Crippen molar-refractivity contribution in [3.8, 4) is 0 Å². The number of amides is 3. The molecule has 3 N–H and O–H groups in total. The first-order valence-corrected chi connectivity index (χ1v) is 15.4. The first-order valence-electron chi connectivity index (χ1n) is 15.4. The molecule has 0 radical (unpaired) electrons. The second-order valence-corrected chi connectivity index (χ2v) is 12.6. The lowest BCUT2D eigenvalue weighted by molar-refractivity contribution is -0.142. The van der Waals surface area contributed by atoms with Crippen molar-refractivity contribution < 1.29 is 19.1 Å². The largest absolute Gasteiger partial charge is 0.374 e. The molecule has 8 heteroatoms. The Balaban J connectivity index is 1.81. The third kappa shape index (κ3) is 8.94. The molecule has 218 valence electrons. The summed E-state index contributed by atoms with van der Waals surface area (Å²) in [5.74, 6) is 0.534. The van der Waals surface area contributed by atoms with Crippen LogP contribution in [0, 0.1) is 17.8 Å². The Kier molecular flexibility index (Phi) is 12.4. The topological polar surface area (TPSA) is 99.8 Å². The predicted octanol–water partition coefficient (Wildman–Crippen LogP) is 3.78. The molecule has 2 aliphatic carbocycles. The Morgan fingerprint density at radius 2 is 1.50 bits per heavy atom. The minimum atomic E-state index is -0.673. The number of likely N-dealkylation sites (N-methyl/N-ethyl adjacent to an activating group) is 1. The van der Waals surface area contributed by atoms with Crippen molar-refractivity contribution in [2.75, 3.05) is 20.1 Å². The van der Waals surface area contributed by atoms with Gasteiger partial charge in [0.15, 0.2) is 0 Å². The van der Waals surface area contributed by atoms with E-state index in [4.69, 9.17) is 4.74 Å². The van der Waals surface area contributed by atoms with Crippen LogP contribution >= 0.6 is 0 Å². The number of carbonyl (C=O) groups excluding carboxylic acids is 3. The molecule has 3 rings (SSSR count). The third-order valence-corrected chi connectivity index (χ3v) is 8.96. The van der Waals surface area contributed by atoms with Gasteiger partial charge in [-0.1, -0.05) is 46.0 Å². The molecule has 38 heavy (non-hydrogen) atoms. The van der Waals surface area contributed by atoms with Gasteiger partial charge in [0.2, 0.25) is 17.7 Å². The molecule has 0 aromatic rings. The van der Waals surface area contributed by atoms with Crippen molar-refractivity contribution in [1.29, 1.82) is 0 Å². The molecule has 3 amide bonds. The van der Waals surface area contributed by atoms with Crippen molar-refractivity contribution in [3.05, 3.63) is 0 Å². The van der Waals surface area contributed by atoms with Crippen molar-refractivity contribution in [1.82, 2.24) is 20.9 Å². The van der Waals surface area contributed by atoms with Crippen molar-refractivity contribution >= 4 is 17.7 Å². The van der Waals surface area contributed by atoms with E-state index in [1.54, 1.807) is 18.9 Å². The lowest BCUT2D eigenvalue weighted by Crippen LogP contribution is -2.58. The zero-order valence-corrected chi connectivity index (χ0v) is 24.6. The highest BCUT2D eigenvalue weighted by atomic mass is 16.5. The second kappa shape index (κ2) is 15.2. The SMILES string of the molecule is CC(C)C[C@H]1NC(=O)[C@@H](C)N(C)C(=O)[C@H](C2CCCCC2)NC[C@@H](C)O[C@H]2CCCC[C@H]2CCCNC1=O. The lowest BCUT2D eigenvalue weighted by Gasteiger charge is -2.37. The van der Waals surface area contributed by atoms with Crippen LogP contribution in [0.3, 0.4) is 0 Å². The summed E-state index contributed by atoms with van der Waals surface area (Å²) in [7, 11) is 1.71. The highest BCUT2D eigenvalue weighted by Gasteiger charge is 2.36. The zero-order valence-electron chi connectivity index (χ0n) is 24.6. The molecular formula is C30H54N4O4. The summed E-state index contributed by atoms with van der Waals surface area (Å²) < 4.78 is 6.58. The maximum absolute atomic E-state index is 13.8. The van der Waals surface area contributed by atoms with Gasteiger partial charge in [-0.3, -0.25) is 14.4 Å². The Morgan fingerprint density at radius 1 is 0.868 bits per heavy atom. The molecule has 1 heterocycles. The second-order valence-electron chi connectivity index (χ2n) is 12.6. The molecule has 3 aliphatic rings. The van der Waals surface area contributed by atoms with Gasteiger partial charge in [-0.05, 0) is 76.5 Å². The number of nitrogens with one attached hydrogen (secondary N) is 3. The molecule has 8 nitrogen and oxygen atoms in total. The van der Waals surface area contributed by atoms with Gasteiger partial charge in [-0.2, -0.15) is 0 Å². The van der Waals surface area contributed by atoms with Crippen LogP contribution in [0.1, 0.15) is 105 Å². The van der Waals surface area contributed by atoms with E-state index in [1.165, 1.54) is 19.3 Å². The van der Waals surface area contributed by atoms with Crippen LogP contribution in [0.2, 0.25) is 0 Å². The Hall–Kier alpha value is -1.67. The van der Waals surface area contributed by atoms with E-state index in [0.29, 0.717) is 25.4 Å². The minimum Gasteiger partial charge on any atom is -0.374 e. The quantitative estimate of drug-likeness (QED) is 0.512. The van der Waals surface area contributed by atoms with Crippen molar-refractivity contribution in [3.63, 3.8) is 0 Å². The van der Waals surface area contributed by atoms with E-state index in [0.717, 1.165) is 51.4 Å². The maximum atomic E-state index is 13.8. The first kappa shape index (κ1) is 30.9. The summed E-state index contributed by atoms with van der Waals surface area (Å²) >= 11 is 0. The number of ether oxygens (including phenoxy) is 1. The normalized spacial score (nSPS) is 34.2. The van der Waals surface area contributed by atoms with Crippen LogP contribution in [0.25, 0.3) is 0 Å². The zero-order chi connectivity index (χ0) is 27.7. The van der Waals surface area contributed by atoms with Gasteiger partial charge in [0.05, 0.1) is 18.2 Å². The number of rotatable bonds is 3. The van der Waals surface area contributed by atoms with Crippen LogP contribution in [0.5, 0.6) is 0 Å². The highest BCUT2D eigenvalue weighted by Crippen LogP contribution is 2.31. The Morgan fingerprint density at radius 3 is 2.21 bits per heavy atom. The fraction of sp³-hybridized carbons (Fsp3) is 0.900. The summed E-state index contributed by atoms with van der Waals surface area (Å²) in [6.45, 7) is 9.18. The van der Waals surface area contributed by atoms with Gasteiger partial charge in [0.1, 0.15) is 12.1 Å². The van der Waals surface area contributed by atoms with Crippen LogP contribution in [0.15, 0.2) is 0 Å². The van der Waals surface area contributed by atoms with Gasteiger partial charge in [0.25, 0.3) is 0 Å². The summed E-state index contributed by atoms with van der Waals surface area (Å²) in [5, 5.41) is 9.62. The number of hydrogen-bond donors (Lipinski definition) is 3. The standard InChI is InChI=1S/C30H54N4O4/c1-20(2)18-25-29(36)31-17-11-15-23-12-9-10-16-26(23)38-21(3)19-32-27(24-13-7-6-8-14-24)30(37)34(5)22(4)28(35)33-25/h20-27,32H,6-19H2,1-5H3,(H,31,36)(H,33,35)/t21-,22-,23+,25-,26+,27+/m1/s1. The van der Waals surface area contributed by atoms with E-state index >= 15 is 0 Å². The molecule has 0 spiro atoms. The lowest BCUT2D eigenvalue weighted by atomic mass is 9.83. The van der Waals surface area contributed by atoms with Crippen molar-refractivity contribution in [2.24, 2.45) is 17.8 Å². The summed E-state index contributed by atoms with van der Waals surface area (Å²) in [6, 6.07) is -1.61. The molecule has 2 saturated carbocycles. The fourth-order valence-corrected chi connectivity index (χ4v) is 6.53. The Labute approximate surface area is 230 Å². The molecular weight excluding hydrogens is 480 g/mol. The van der Waals surface area contributed by atoms with E-state index in [9.17, 15) is 14.4 Å². The fourth-order valence-electron chi connectivity index (χ4n) is 6.53. The third-order valence-electron chi connectivity index (χ3n) is 8.96. The molecule has 6 atom stereocenters. The number of hydrogen-bond acceptors (Lipinski definition) is 5. The van der Waals surface area contributed by atoms with Gasteiger partial charge >= 0.3 is 0 Å². The summed E-state index contributed by atoms with van der Waals surface area (Å²) in [6.07, 6.45) is 12.9. The average molecular weight is 535 g/mol. The number of nitrogens with zero attached hydrogens (tertiary/aromatic N) is 1. The van der Waals surface area contributed by atoms with E-state index < -0.39 is 12.1 Å². The van der Waals surface area contributed by atoms with E-state index in [1.807, 2.05) is 0 Å². The molecule has 0 unspecified atom stereocenters. The maximum Gasteiger partial charge on any atom is 0.243 e. The Bertz CT molecular complexity index is 769. The smallest absolute Gasteiger partial charge is 0.243 e. The van der Waals surface area contributed by atoms with Gasteiger partial charge < -0.3 is 25.6 Å². The monoisotopic (exact) mass is 534 g/mol. The summed E-state index contributed by atoms with van der Waals surface area (Å²) in [4.78, 5) is 41.7. The molecule has 0 aromatic heterocycles. The van der Waals surface area contributed by atoms with Gasteiger partial charge in [0, 0.05) is 20.1 Å². The van der Waals surface area contributed by atoms with Gasteiger partial charge in [-0.15, -0.1) is 0 Å². The van der Waals surface area contributed by atoms with Crippen LogP contribution in [-0.2, 0) is 19.1 Å². The minimum absolute atomic E-state index is 0.000830. The molecule has 0 bridgehead atoms. The first-order chi connectivity index (χ1) is 18.2. The molecule has 1 aliphatic heterocycles. The van der Waals surface area contributed by atoms with Crippen LogP contribution < -0.4 is 16.0 Å². The average Bonchev–Trinajstić information content (AvgIpc) is 2.90. The van der Waals surface area contributed by atoms with Gasteiger partial charge in [-0.25, -0.2) is 0 Å². The van der Waals surface area contributed by atoms with Crippen LogP contribution in [-0.4, -0.2) is 73.1 Å². The number of fused-ring (bicyclic) bond motifs is 1. The van der Waals surface area contributed by atoms with Crippen molar-refractivity contribution in [2.45, 2.75) is 135 Å². The molecule has 0 aromatic carbocycles. The predicted molar refractivity (Wildman–Crippen MR) is 151 cm³/mol. The van der Waals surface area contributed by atoms with E-state index in [2.05, 4.69) is 36.7 Å². The highest BCUT2D eigenvalue weighted by molar-refractivity contribution is 5.92.